The maximum atomic E-state index is 4.58. The van der Waals surface area contributed by atoms with Gasteiger partial charge in [0.05, 0.1) is 14.2 Å². The molecule has 1 saturated heterocycles. The van der Waals surface area contributed by atoms with Gasteiger partial charge < -0.3 is 14.5 Å². The van der Waals surface area contributed by atoms with Crippen LogP contribution in [0.2, 0.25) is 0 Å². The molecule has 4 rings (SSSR count). The van der Waals surface area contributed by atoms with E-state index in [1.54, 1.807) is 6.61 Å². The Bertz CT molecular complexity index is 892. The molecule has 6 heteroatoms. The van der Waals surface area contributed by atoms with E-state index in [9.17, 15) is 0 Å². The minimum atomic E-state index is 0. The molecule has 0 aromatic heterocycles. The minimum Gasteiger partial charge on any atom is -0.570 e. The van der Waals surface area contributed by atoms with Gasteiger partial charge in [0.25, 0.3) is 0 Å². The number of rotatable bonds is 7. The summed E-state index contributed by atoms with van der Waals surface area (Å²) in [5.74, 6) is 0. The van der Waals surface area contributed by atoms with Crippen LogP contribution in [-0.2, 0) is 45.4 Å². The van der Waals surface area contributed by atoms with E-state index < -0.39 is 0 Å². The predicted molar refractivity (Wildman–Crippen MR) is 209 cm³/mol. The molecule has 0 amide bonds. The van der Waals surface area contributed by atoms with Crippen molar-refractivity contribution in [3.63, 3.8) is 0 Å². The Kier molecular flexibility index (Phi) is 78.3. The van der Waals surface area contributed by atoms with Crippen molar-refractivity contribution in [1.29, 1.82) is 0 Å². The zero-order valence-corrected chi connectivity index (χ0v) is 32.2. The molecular weight excluding hydrogens is 756 g/mol. The van der Waals surface area contributed by atoms with Gasteiger partial charge in [0.1, 0.15) is 12.5 Å². The largest absolute Gasteiger partial charge is 0.570 e. The molecule has 0 N–H and O–H groups in total. The summed E-state index contributed by atoms with van der Waals surface area (Å²) >= 11 is 0. The summed E-state index contributed by atoms with van der Waals surface area (Å²) in [6.45, 7) is 21.8. The zero-order chi connectivity index (χ0) is 33.4. The summed E-state index contributed by atoms with van der Waals surface area (Å²) in [6, 6.07) is 30.0. The molecule has 1 atom stereocenters. The van der Waals surface area contributed by atoms with E-state index in [1.165, 1.54) is 32.3 Å². The van der Waals surface area contributed by atoms with E-state index in [2.05, 4.69) is 42.5 Å². The second-order valence-corrected chi connectivity index (χ2v) is 6.84. The average Bonchev–Trinajstić information content (AvgIpc) is 3.89. The van der Waals surface area contributed by atoms with Crippen molar-refractivity contribution >= 4 is 18.2 Å². The average molecular weight is 828 g/mol. The smallest absolute Gasteiger partial charge is 0.130 e. The predicted octanol–water partition coefficient (Wildman–Crippen LogP) is 13.8. The Balaban J connectivity index is -0.0000000669. The van der Waals surface area contributed by atoms with Crippen molar-refractivity contribution in [2.24, 2.45) is 0 Å². The Morgan fingerprint density at radius 2 is 0.766 bits per heavy atom. The van der Waals surface area contributed by atoms with Crippen LogP contribution in [-0.4, -0.2) is 20.3 Å². The molecule has 1 aliphatic rings. The SMILES string of the molecule is C.C.C.CC.CC.CC.CC.CC1[CH-]O1.CC=Cc1ccccc1.COO/C=C/c1ccccc1.COO/C=C/c1ccccc1.[W]. The van der Waals surface area contributed by atoms with Crippen LogP contribution < -0.4 is 0 Å². The van der Waals surface area contributed by atoms with Gasteiger partial charge in [-0.05, 0) is 35.8 Å². The number of hydrogen-bond acceptors (Lipinski definition) is 5. The molecule has 47 heavy (non-hydrogen) atoms. The molecule has 272 valence electrons. The second kappa shape index (κ2) is 58.6. The maximum Gasteiger partial charge on any atom is 0.130 e. The molecule has 0 spiro atoms. The first-order valence-corrected chi connectivity index (χ1v) is 15.2. The van der Waals surface area contributed by atoms with E-state index >= 15 is 0 Å². The fourth-order valence-electron chi connectivity index (χ4n) is 2.29. The van der Waals surface area contributed by atoms with Gasteiger partial charge in [0.15, 0.2) is 0 Å². The summed E-state index contributed by atoms with van der Waals surface area (Å²) in [4.78, 5) is 17.9. The van der Waals surface area contributed by atoms with Crippen LogP contribution in [0.15, 0.2) is 110 Å². The number of allylic oxidation sites excluding steroid dienone is 1. The van der Waals surface area contributed by atoms with Crippen LogP contribution in [0.5, 0.6) is 0 Å². The van der Waals surface area contributed by atoms with Crippen molar-refractivity contribution in [3.05, 3.63) is 133 Å². The van der Waals surface area contributed by atoms with Crippen LogP contribution in [0, 0.1) is 6.61 Å². The summed E-state index contributed by atoms with van der Waals surface area (Å²) in [6.07, 6.45) is 11.2. The number of epoxide rings is 1. The topological polar surface area (TPSA) is 49.5 Å². The molecule has 0 aliphatic carbocycles. The molecule has 3 aromatic carbocycles. The minimum absolute atomic E-state index is 0. The molecule has 0 radical (unpaired) electrons. The molecule has 1 unspecified atom stereocenters. The molecule has 1 fully saturated rings. The van der Waals surface area contributed by atoms with E-state index in [0.717, 1.165) is 11.1 Å². The van der Waals surface area contributed by atoms with Crippen molar-refractivity contribution in [2.45, 2.75) is 97.6 Å². The van der Waals surface area contributed by atoms with Gasteiger partial charge in [-0.2, -0.15) is 16.4 Å². The Hall–Kier alpha value is -2.95. The van der Waals surface area contributed by atoms with Crippen molar-refractivity contribution in [2.75, 3.05) is 14.2 Å². The van der Waals surface area contributed by atoms with Crippen LogP contribution in [0.1, 0.15) is 108 Å². The molecule has 3 aromatic rings. The first-order chi connectivity index (χ1) is 21.2. The van der Waals surface area contributed by atoms with Crippen LogP contribution in [0.4, 0.5) is 0 Å². The van der Waals surface area contributed by atoms with Gasteiger partial charge in [-0.25, -0.2) is 0 Å². The molecule has 5 nitrogen and oxygen atoms in total. The standard InChI is InChI=1S/2C9H10O2.C9H10.C3H5O.4C2H6.3CH4.W/c2*1-10-11-8-7-9-5-3-2-4-6-9;1-2-6-9-7-4-3-5-8-9;1-3-2-4-3;4*1-2;;;;/h2*2-8H,1H3;2-8H,1H3;2-3H,1H3;4*1-2H3;3*1H4;/q;;;-1;;;;;;;;/b2*8-7+;;;;;;;;;;. The molecule has 0 bridgehead atoms. The third-order valence-corrected chi connectivity index (χ3v) is 3.99. The fraction of sp³-hybridized carbons (Fsp3) is 0.390. The number of benzene rings is 3. The second-order valence-electron chi connectivity index (χ2n) is 6.84. The first kappa shape index (κ1) is 62.8. The number of ether oxygens (including phenoxy) is 1. The molecule has 0 saturated carbocycles. The quantitative estimate of drug-likeness (QED) is 0.0781. The van der Waals surface area contributed by atoms with E-state index in [1.807, 2.05) is 166 Å². The Morgan fingerprint density at radius 1 is 0.532 bits per heavy atom. The van der Waals surface area contributed by atoms with Crippen LogP contribution in [0.3, 0.4) is 0 Å². The van der Waals surface area contributed by atoms with Crippen LogP contribution >= 0.6 is 0 Å². The van der Waals surface area contributed by atoms with E-state index in [0.29, 0.717) is 6.10 Å². The van der Waals surface area contributed by atoms with Crippen molar-refractivity contribution < 1.29 is 45.4 Å². The number of hydrogen-bond donors (Lipinski definition) is 0. The summed E-state index contributed by atoms with van der Waals surface area (Å²) in [7, 11) is 2.94. The summed E-state index contributed by atoms with van der Waals surface area (Å²) in [5, 5.41) is 0. The van der Waals surface area contributed by atoms with Gasteiger partial charge in [-0.3, -0.25) is 0 Å². The van der Waals surface area contributed by atoms with Gasteiger partial charge in [-0.1, -0.05) is 194 Å². The first-order valence-electron chi connectivity index (χ1n) is 15.2. The van der Waals surface area contributed by atoms with Gasteiger partial charge in [0.2, 0.25) is 0 Å². The van der Waals surface area contributed by atoms with E-state index in [4.69, 9.17) is 0 Å². The van der Waals surface area contributed by atoms with Gasteiger partial charge in [0, 0.05) is 21.1 Å². The Morgan fingerprint density at radius 3 is 0.957 bits per heavy atom. The maximum absolute atomic E-state index is 4.58. The van der Waals surface area contributed by atoms with Gasteiger partial charge >= 0.3 is 0 Å². The Labute approximate surface area is 307 Å². The normalized spacial score (nSPS) is 10.7. The zero-order valence-electron chi connectivity index (χ0n) is 29.2. The fourth-order valence-corrected chi connectivity index (χ4v) is 2.29. The van der Waals surface area contributed by atoms with E-state index in [-0.39, 0.29) is 43.3 Å². The molecular formula is C41H71O5W-. The summed E-state index contributed by atoms with van der Waals surface area (Å²) < 4.78 is 4.58. The third kappa shape index (κ3) is 52.8. The summed E-state index contributed by atoms with van der Waals surface area (Å²) in [5.41, 5.74) is 3.44. The monoisotopic (exact) mass is 827 g/mol. The van der Waals surface area contributed by atoms with Gasteiger partial charge in [-0.15, -0.1) is 0 Å². The van der Waals surface area contributed by atoms with Crippen LogP contribution in [0.25, 0.3) is 18.2 Å². The molecule has 1 aliphatic heterocycles. The van der Waals surface area contributed by atoms with Crippen molar-refractivity contribution in [3.8, 4) is 0 Å². The third-order valence-electron chi connectivity index (χ3n) is 3.99. The van der Waals surface area contributed by atoms with Crippen molar-refractivity contribution in [1.82, 2.24) is 0 Å². The molecule has 1 heterocycles.